The lowest BCUT2D eigenvalue weighted by Crippen LogP contribution is -2.36. The second kappa shape index (κ2) is 12.3. The van der Waals surface area contributed by atoms with Gasteiger partial charge in [-0.15, -0.1) is 24.0 Å². The van der Waals surface area contributed by atoms with E-state index in [9.17, 15) is 0 Å². The van der Waals surface area contributed by atoms with Crippen LogP contribution in [0.1, 0.15) is 11.3 Å². The van der Waals surface area contributed by atoms with Crippen molar-refractivity contribution >= 4 is 53.1 Å². The summed E-state index contributed by atoms with van der Waals surface area (Å²) in [6.07, 6.45) is 1.70. The van der Waals surface area contributed by atoms with Crippen LogP contribution in [-0.2, 0) is 24.9 Å². The minimum Gasteiger partial charge on any atom is -0.475 e. The minimum absolute atomic E-state index is 0. The number of ether oxygens (including phenoxy) is 2. The lowest BCUT2D eigenvalue weighted by atomic mass is 10.2. The van der Waals surface area contributed by atoms with Crippen molar-refractivity contribution in [1.82, 2.24) is 20.2 Å². The number of hydrogen-bond donors (Lipinski definition) is 2. The van der Waals surface area contributed by atoms with Crippen molar-refractivity contribution < 1.29 is 9.47 Å². The van der Waals surface area contributed by atoms with E-state index in [1.165, 1.54) is 0 Å². The molecule has 0 aliphatic heterocycles. The molecule has 0 amide bonds. The molecule has 0 saturated heterocycles. The largest absolute Gasteiger partial charge is 0.475 e. The van der Waals surface area contributed by atoms with E-state index in [-0.39, 0.29) is 24.0 Å². The van der Waals surface area contributed by atoms with Crippen molar-refractivity contribution in [2.45, 2.75) is 13.1 Å². The van der Waals surface area contributed by atoms with Crippen molar-refractivity contribution in [3.63, 3.8) is 0 Å². The van der Waals surface area contributed by atoms with E-state index in [0.717, 1.165) is 11.3 Å². The predicted molar refractivity (Wildman–Crippen MR) is 119 cm³/mol. The van der Waals surface area contributed by atoms with Crippen LogP contribution < -0.4 is 15.4 Å². The molecule has 0 spiro atoms. The molecule has 150 valence electrons. The highest BCUT2D eigenvalue weighted by molar-refractivity contribution is 14.0. The summed E-state index contributed by atoms with van der Waals surface area (Å²) in [7, 11) is 5.20. The fourth-order valence-electron chi connectivity index (χ4n) is 2.24. The summed E-state index contributed by atoms with van der Waals surface area (Å²) in [6, 6.07) is 5.64. The van der Waals surface area contributed by atoms with Crippen LogP contribution in [0.5, 0.6) is 5.88 Å². The first kappa shape index (κ1) is 23.8. The summed E-state index contributed by atoms with van der Waals surface area (Å²) >= 11 is 12.1. The third-order valence-electron chi connectivity index (χ3n) is 3.70. The predicted octanol–water partition coefficient (Wildman–Crippen LogP) is 3.24. The molecule has 2 aromatic rings. The molecular formula is C17H24Cl2IN5O2. The Bertz CT molecular complexity index is 755. The van der Waals surface area contributed by atoms with Gasteiger partial charge in [0, 0.05) is 45.2 Å². The molecule has 2 N–H and O–H groups in total. The Labute approximate surface area is 186 Å². The van der Waals surface area contributed by atoms with Crippen LogP contribution in [0.3, 0.4) is 0 Å². The number of methoxy groups -OCH3 is 1. The number of nitrogens with one attached hydrogen (secondary N) is 2. The van der Waals surface area contributed by atoms with Gasteiger partial charge in [0.15, 0.2) is 5.96 Å². The fraction of sp³-hybridized carbons (Fsp3) is 0.412. The van der Waals surface area contributed by atoms with Gasteiger partial charge in [-0.2, -0.15) is 0 Å². The molecule has 0 radical (unpaired) electrons. The van der Waals surface area contributed by atoms with E-state index in [0.29, 0.717) is 48.3 Å². The molecule has 2 aromatic heterocycles. The summed E-state index contributed by atoms with van der Waals surface area (Å²) in [5.41, 5.74) is 1.88. The molecule has 2 heterocycles. The molecule has 0 aliphatic rings. The minimum atomic E-state index is 0. The summed E-state index contributed by atoms with van der Waals surface area (Å²) in [4.78, 5) is 8.48. The van der Waals surface area contributed by atoms with Crippen molar-refractivity contribution in [1.29, 1.82) is 0 Å². The topological polar surface area (TPSA) is 72.7 Å². The van der Waals surface area contributed by atoms with Crippen LogP contribution in [0, 0.1) is 0 Å². The number of aliphatic imine (C=N–C) groups is 1. The maximum Gasteiger partial charge on any atom is 0.218 e. The van der Waals surface area contributed by atoms with E-state index < -0.39 is 0 Å². The Balaban J connectivity index is 0.00000364. The first-order valence-corrected chi connectivity index (χ1v) is 8.82. The highest BCUT2D eigenvalue weighted by atomic mass is 127. The lowest BCUT2D eigenvalue weighted by Gasteiger charge is -2.14. The highest BCUT2D eigenvalue weighted by Crippen LogP contribution is 2.24. The molecule has 7 nitrogen and oxygen atoms in total. The van der Waals surface area contributed by atoms with Crippen molar-refractivity contribution in [3.8, 4) is 5.88 Å². The molecule has 10 heteroatoms. The molecule has 0 atom stereocenters. The average molecular weight is 528 g/mol. The zero-order valence-electron chi connectivity index (χ0n) is 15.5. The maximum atomic E-state index is 6.09. The number of hydrogen-bond acceptors (Lipinski definition) is 4. The standard InChI is InChI=1S/C17H23Cl2N5O2.HI/c1-20-17(23-11-13-9-14(18)15(19)24(13)2)22-10-12-5-4-6-21-16(12)26-8-7-25-3;/h4-6,9H,7-8,10-11H2,1-3H3,(H2,20,22,23);1H. The van der Waals surface area contributed by atoms with Gasteiger partial charge in [-0.05, 0) is 12.1 Å². The third-order valence-corrected chi connectivity index (χ3v) is 4.54. The van der Waals surface area contributed by atoms with E-state index in [4.69, 9.17) is 32.7 Å². The van der Waals surface area contributed by atoms with E-state index in [2.05, 4.69) is 20.6 Å². The van der Waals surface area contributed by atoms with Gasteiger partial charge in [-0.1, -0.05) is 29.3 Å². The number of aromatic nitrogens is 2. The zero-order chi connectivity index (χ0) is 18.9. The fourth-order valence-corrected chi connectivity index (χ4v) is 2.66. The molecule has 0 aromatic carbocycles. The Hall–Kier alpha value is -1.23. The lowest BCUT2D eigenvalue weighted by molar-refractivity contribution is 0.143. The molecule has 27 heavy (non-hydrogen) atoms. The molecular weight excluding hydrogens is 504 g/mol. The second-order valence-electron chi connectivity index (χ2n) is 5.42. The maximum absolute atomic E-state index is 6.09. The third kappa shape index (κ3) is 7.02. The Morgan fingerprint density at radius 3 is 2.63 bits per heavy atom. The first-order chi connectivity index (χ1) is 12.6. The van der Waals surface area contributed by atoms with Gasteiger partial charge < -0.3 is 24.7 Å². The number of halogens is 3. The van der Waals surface area contributed by atoms with Gasteiger partial charge in [0.1, 0.15) is 11.8 Å². The molecule has 0 unspecified atom stereocenters. The van der Waals surface area contributed by atoms with Gasteiger partial charge in [-0.3, -0.25) is 4.99 Å². The van der Waals surface area contributed by atoms with Crippen LogP contribution >= 0.6 is 47.2 Å². The van der Waals surface area contributed by atoms with Crippen molar-refractivity contribution in [2.75, 3.05) is 27.4 Å². The summed E-state index contributed by atoms with van der Waals surface area (Å²) in [6.45, 7) is 2.01. The number of rotatable bonds is 8. The van der Waals surface area contributed by atoms with E-state index in [1.54, 1.807) is 20.4 Å². The van der Waals surface area contributed by atoms with Gasteiger partial charge in [0.25, 0.3) is 0 Å². The van der Waals surface area contributed by atoms with Crippen LogP contribution in [0.2, 0.25) is 10.2 Å². The molecule has 0 aliphatic carbocycles. The quantitative estimate of drug-likeness (QED) is 0.239. The summed E-state index contributed by atoms with van der Waals surface area (Å²) in [5, 5.41) is 7.51. The number of nitrogens with zero attached hydrogens (tertiary/aromatic N) is 3. The molecule has 2 rings (SSSR count). The van der Waals surface area contributed by atoms with Gasteiger partial charge in [-0.25, -0.2) is 4.98 Å². The van der Waals surface area contributed by atoms with Crippen molar-refractivity contribution in [3.05, 3.63) is 45.8 Å². The molecule has 0 saturated carbocycles. The van der Waals surface area contributed by atoms with Gasteiger partial charge >= 0.3 is 0 Å². The average Bonchev–Trinajstić information content (AvgIpc) is 2.90. The van der Waals surface area contributed by atoms with Crippen LogP contribution in [0.15, 0.2) is 29.4 Å². The smallest absolute Gasteiger partial charge is 0.218 e. The Morgan fingerprint density at radius 1 is 1.26 bits per heavy atom. The van der Waals surface area contributed by atoms with E-state index in [1.807, 2.05) is 29.8 Å². The molecule has 0 bridgehead atoms. The van der Waals surface area contributed by atoms with Crippen LogP contribution in [0.4, 0.5) is 0 Å². The summed E-state index contributed by atoms with van der Waals surface area (Å²) in [5.74, 6) is 1.22. The Kier molecular flexibility index (Phi) is 10.8. The Morgan fingerprint density at radius 2 is 2.00 bits per heavy atom. The normalized spacial score (nSPS) is 11.1. The summed E-state index contributed by atoms with van der Waals surface area (Å²) < 4.78 is 12.5. The van der Waals surface area contributed by atoms with Crippen molar-refractivity contribution in [2.24, 2.45) is 12.0 Å². The van der Waals surface area contributed by atoms with Gasteiger partial charge in [0.05, 0.1) is 18.2 Å². The first-order valence-electron chi connectivity index (χ1n) is 8.06. The SMILES string of the molecule is CN=C(NCc1cccnc1OCCOC)NCc1cc(Cl)c(Cl)n1C.I. The van der Waals surface area contributed by atoms with E-state index >= 15 is 0 Å². The molecule has 0 fully saturated rings. The van der Waals surface area contributed by atoms with Crippen LogP contribution in [0.25, 0.3) is 0 Å². The highest BCUT2D eigenvalue weighted by Gasteiger charge is 2.10. The van der Waals surface area contributed by atoms with Gasteiger partial charge in [0.2, 0.25) is 5.88 Å². The van der Waals surface area contributed by atoms with Crippen LogP contribution in [-0.4, -0.2) is 42.9 Å². The monoisotopic (exact) mass is 527 g/mol. The number of pyridine rings is 1. The number of guanidine groups is 1. The zero-order valence-corrected chi connectivity index (χ0v) is 19.3. The second-order valence-corrected chi connectivity index (χ2v) is 6.19.